The number of hydroxylamine groups is 1. The molecule has 0 spiro atoms. The second kappa shape index (κ2) is 12.6. The van der Waals surface area contributed by atoms with Crippen molar-refractivity contribution in [1.82, 2.24) is 5.48 Å². The molecule has 0 aliphatic rings. The van der Waals surface area contributed by atoms with Gasteiger partial charge in [-0.25, -0.2) is 8.42 Å². The van der Waals surface area contributed by atoms with Gasteiger partial charge in [0.05, 0.1) is 36.5 Å². The van der Waals surface area contributed by atoms with Crippen LogP contribution >= 0.6 is 0 Å². The lowest BCUT2D eigenvalue weighted by Crippen LogP contribution is -2.42. The number of halogens is 3. The van der Waals surface area contributed by atoms with Crippen LogP contribution in [0.2, 0.25) is 18.1 Å². The van der Waals surface area contributed by atoms with E-state index in [0.717, 1.165) is 12.1 Å². The summed E-state index contributed by atoms with van der Waals surface area (Å²) in [6.07, 6.45) is -4.79. The van der Waals surface area contributed by atoms with Crippen molar-refractivity contribution < 1.29 is 45.4 Å². The SMILES string of the molecule is CC(C)(C)[Si](C)(C)OCCOCC(CS(=O)(=O)c1ccc(Oc2ccc(OC(F)(F)F)cc2)cc1)NO. The largest absolute Gasteiger partial charge is 0.573 e. The van der Waals surface area contributed by atoms with Gasteiger partial charge in [-0.15, -0.1) is 13.2 Å². The summed E-state index contributed by atoms with van der Waals surface area (Å²) in [5, 5.41) is 9.47. The summed E-state index contributed by atoms with van der Waals surface area (Å²) < 4.78 is 83.2. The van der Waals surface area contributed by atoms with Crippen LogP contribution in [0.1, 0.15) is 20.8 Å². The average Bonchev–Trinajstić information content (AvgIpc) is 2.78. The Balaban J connectivity index is 1.88. The van der Waals surface area contributed by atoms with Gasteiger partial charge in [-0.2, -0.15) is 5.48 Å². The fraction of sp³-hybridized carbons (Fsp3) is 0.500. The molecule has 0 aliphatic heterocycles. The molecule has 0 bridgehead atoms. The standard InChI is InChI=1S/C24H34F3NO7SSi/c1-23(2,3)37(4,5)33-15-14-32-16-18(28-29)17-36(30,31)22-12-10-20(11-13-22)34-19-6-8-21(9-7-19)35-24(25,26)27/h6-13,18,28-29H,14-17H2,1-5H3. The molecule has 2 rings (SSSR count). The second-order valence-corrected chi connectivity index (χ2v) is 16.7. The molecule has 0 fully saturated rings. The molecule has 0 heterocycles. The lowest BCUT2D eigenvalue weighted by Gasteiger charge is -2.36. The van der Waals surface area contributed by atoms with E-state index in [9.17, 15) is 26.8 Å². The van der Waals surface area contributed by atoms with E-state index in [1.54, 1.807) is 0 Å². The summed E-state index contributed by atoms with van der Waals surface area (Å²) in [6, 6.07) is 9.46. The van der Waals surface area contributed by atoms with Gasteiger partial charge >= 0.3 is 6.36 Å². The molecule has 8 nitrogen and oxygen atoms in total. The molecule has 0 amide bonds. The highest BCUT2D eigenvalue weighted by Crippen LogP contribution is 2.36. The number of hydrogen-bond donors (Lipinski definition) is 2. The minimum atomic E-state index is -4.79. The summed E-state index contributed by atoms with van der Waals surface area (Å²) in [5.74, 6) is -0.275. The van der Waals surface area contributed by atoms with Crippen molar-refractivity contribution in [1.29, 1.82) is 0 Å². The Morgan fingerprint density at radius 2 is 1.43 bits per heavy atom. The highest BCUT2D eigenvalue weighted by molar-refractivity contribution is 7.91. The molecule has 208 valence electrons. The van der Waals surface area contributed by atoms with Crippen LogP contribution in [-0.4, -0.2) is 59.9 Å². The summed E-state index contributed by atoms with van der Waals surface area (Å²) >= 11 is 0. The smallest absolute Gasteiger partial charge is 0.457 e. The predicted molar refractivity (Wildman–Crippen MR) is 134 cm³/mol. The molecule has 37 heavy (non-hydrogen) atoms. The maximum absolute atomic E-state index is 12.8. The molecule has 2 aromatic carbocycles. The van der Waals surface area contributed by atoms with Crippen molar-refractivity contribution in [2.45, 2.75) is 56.2 Å². The van der Waals surface area contributed by atoms with E-state index in [2.05, 4.69) is 38.6 Å². The van der Waals surface area contributed by atoms with Gasteiger partial charge < -0.3 is 23.8 Å². The van der Waals surface area contributed by atoms with Gasteiger partial charge in [0.2, 0.25) is 0 Å². The molecule has 0 aromatic heterocycles. The Morgan fingerprint density at radius 3 is 1.92 bits per heavy atom. The summed E-state index contributed by atoms with van der Waals surface area (Å²) in [4.78, 5) is 0.00952. The third-order valence-electron chi connectivity index (χ3n) is 5.89. The van der Waals surface area contributed by atoms with Crippen molar-refractivity contribution in [3.63, 3.8) is 0 Å². The van der Waals surface area contributed by atoms with E-state index < -0.39 is 36.3 Å². The van der Waals surface area contributed by atoms with Crippen molar-refractivity contribution in [2.24, 2.45) is 0 Å². The van der Waals surface area contributed by atoms with E-state index in [1.807, 2.05) is 5.48 Å². The molecular weight excluding hydrogens is 531 g/mol. The lowest BCUT2D eigenvalue weighted by atomic mass is 10.2. The fourth-order valence-corrected chi connectivity index (χ4v) is 5.31. The number of benzene rings is 2. The lowest BCUT2D eigenvalue weighted by molar-refractivity contribution is -0.274. The van der Waals surface area contributed by atoms with Crippen molar-refractivity contribution in [2.75, 3.05) is 25.6 Å². The van der Waals surface area contributed by atoms with Gasteiger partial charge in [0, 0.05) is 0 Å². The monoisotopic (exact) mass is 565 g/mol. The first-order valence-corrected chi connectivity index (χ1v) is 16.1. The quantitative estimate of drug-likeness (QED) is 0.186. The molecule has 0 radical (unpaired) electrons. The van der Waals surface area contributed by atoms with Crippen LogP contribution in [0.4, 0.5) is 13.2 Å². The molecule has 1 unspecified atom stereocenters. The number of ether oxygens (including phenoxy) is 3. The third kappa shape index (κ3) is 10.3. The molecule has 0 saturated carbocycles. The predicted octanol–water partition coefficient (Wildman–Crippen LogP) is 5.54. The maximum atomic E-state index is 12.8. The van der Waals surface area contributed by atoms with Gasteiger partial charge in [-0.05, 0) is 66.7 Å². The summed E-state index contributed by atoms with van der Waals surface area (Å²) in [6.45, 7) is 11.2. The van der Waals surface area contributed by atoms with Crippen LogP contribution in [-0.2, 0) is 19.0 Å². The first-order chi connectivity index (χ1) is 17.0. The zero-order valence-electron chi connectivity index (χ0n) is 21.5. The van der Waals surface area contributed by atoms with E-state index in [0.29, 0.717) is 6.61 Å². The van der Waals surface area contributed by atoms with Gasteiger partial charge in [-0.1, -0.05) is 20.8 Å². The Morgan fingerprint density at radius 1 is 0.919 bits per heavy atom. The zero-order chi connectivity index (χ0) is 27.9. The van der Waals surface area contributed by atoms with E-state index in [4.69, 9.17) is 13.9 Å². The number of alkyl halides is 3. The molecular formula is C24H34F3NO7SSi. The highest BCUT2D eigenvalue weighted by Gasteiger charge is 2.37. The molecule has 2 N–H and O–H groups in total. The third-order valence-corrected chi connectivity index (χ3v) is 12.3. The average molecular weight is 566 g/mol. The van der Waals surface area contributed by atoms with Crippen LogP contribution in [0.25, 0.3) is 0 Å². The number of sulfone groups is 1. The van der Waals surface area contributed by atoms with Gasteiger partial charge in [0.1, 0.15) is 17.2 Å². The Kier molecular flexibility index (Phi) is 10.6. The first-order valence-electron chi connectivity index (χ1n) is 11.5. The topological polar surface area (TPSA) is 103 Å². The minimum Gasteiger partial charge on any atom is -0.457 e. The van der Waals surface area contributed by atoms with Crippen LogP contribution in [0.3, 0.4) is 0 Å². The van der Waals surface area contributed by atoms with Gasteiger partial charge in [0.25, 0.3) is 0 Å². The normalized spacial score (nSPS) is 13.9. The van der Waals surface area contributed by atoms with E-state index >= 15 is 0 Å². The van der Waals surface area contributed by atoms with Crippen molar-refractivity contribution in [3.8, 4) is 17.2 Å². The molecule has 2 aromatic rings. The van der Waals surface area contributed by atoms with E-state index in [1.165, 1.54) is 36.4 Å². The van der Waals surface area contributed by atoms with Gasteiger partial charge in [0.15, 0.2) is 18.2 Å². The molecule has 13 heteroatoms. The molecule has 1 atom stereocenters. The first kappa shape index (κ1) is 31.1. The van der Waals surface area contributed by atoms with E-state index in [-0.39, 0.29) is 40.4 Å². The Hall–Kier alpha value is -2.16. The van der Waals surface area contributed by atoms with Crippen LogP contribution in [0, 0.1) is 0 Å². The minimum absolute atomic E-state index is 0.00952. The maximum Gasteiger partial charge on any atom is 0.573 e. The zero-order valence-corrected chi connectivity index (χ0v) is 23.3. The second-order valence-electron chi connectivity index (χ2n) is 9.88. The number of nitrogens with one attached hydrogen (secondary N) is 1. The van der Waals surface area contributed by atoms with Crippen molar-refractivity contribution >= 4 is 18.2 Å². The van der Waals surface area contributed by atoms with Crippen LogP contribution < -0.4 is 15.0 Å². The van der Waals surface area contributed by atoms with Crippen LogP contribution in [0.15, 0.2) is 53.4 Å². The van der Waals surface area contributed by atoms with Gasteiger partial charge in [-0.3, -0.25) is 0 Å². The van der Waals surface area contributed by atoms with Crippen molar-refractivity contribution in [3.05, 3.63) is 48.5 Å². The molecule has 0 aliphatic carbocycles. The number of hydrogen-bond acceptors (Lipinski definition) is 8. The Bertz CT molecular complexity index is 1090. The summed E-state index contributed by atoms with van der Waals surface area (Å²) in [5.41, 5.74) is 1.98. The fourth-order valence-electron chi connectivity index (χ4n) is 2.84. The summed E-state index contributed by atoms with van der Waals surface area (Å²) in [7, 11) is -5.69. The Labute approximate surface area is 216 Å². The molecule has 0 saturated heterocycles. The number of rotatable bonds is 13. The highest BCUT2D eigenvalue weighted by atomic mass is 32.2. The van der Waals surface area contributed by atoms with Crippen LogP contribution in [0.5, 0.6) is 17.2 Å².